The van der Waals surface area contributed by atoms with Gasteiger partial charge in [0.1, 0.15) is 0 Å². The van der Waals surface area contributed by atoms with E-state index in [4.69, 9.17) is 20.4 Å². The summed E-state index contributed by atoms with van der Waals surface area (Å²) in [5.41, 5.74) is -2.74. The summed E-state index contributed by atoms with van der Waals surface area (Å²) in [4.78, 5) is 49.9. The van der Waals surface area contributed by atoms with E-state index in [9.17, 15) is 27.6 Å². The number of nitrogens with one attached hydrogen (secondary N) is 1. The number of urea groups is 1. The molecule has 0 atom stereocenters. The van der Waals surface area contributed by atoms with E-state index in [1.165, 1.54) is 19.3 Å². The molecule has 0 bridgehead atoms. The van der Waals surface area contributed by atoms with Gasteiger partial charge in [-0.25, -0.2) is 18.0 Å². The maximum absolute atomic E-state index is 12.8. The quantitative estimate of drug-likeness (QED) is 0.164. The molecule has 43 heavy (non-hydrogen) atoms. The first-order valence-corrected chi connectivity index (χ1v) is 16.0. The molecular weight excluding hydrogens is 584 g/mol. The Morgan fingerprint density at radius 1 is 0.884 bits per heavy atom. The lowest BCUT2D eigenvalue weighted by molar-refractivity contribution is -0.170. The molecule has 0 aromatic heterocycles. The van der Waals surface area contributed by atoms with Crippen LogP contribution in [0.2, 0.25) is 0 Å². The van der Waals surface area contributed by atoms with Crippen LogP contribution in [0.15, 0.2) is 35.2 Å². The van der Waals surface area contributed by atoms with E-state index in [0.717, 1.165) is 39.3 Å². The maximum Gasteiger partial charge on any atom is 0.336 e. The fourth-order valence-corrected chi connectivity index (χ4v) is 5.69. The Morgan fingerprint density at radius 3 is 1.93 bits per heavy atom. The number of sulfone groups is 1. The highest BCUT2D eigenvalue weighted by Crippen LogP contribution is 2.16. The van der Waals surface area contributed by atoms with Crippen LogP contribution in [0, 0.1) is 0 Å². The number of carboxylic acids is 3. The third-order valence-electron chi connectivity index (χ3n) is 7.04. The lowest BCUT2D eigenvalue weighted by Crippen LogP contribution is -2.47. The summed E-state index contributed by atoms with van der Waals surface area (Å²) in [7, 11) is -3.42. The largest absolute Gasteiger partial charge is 0.481 e. The molecule has 5 N–H and O–H groups in total. The van der Waals surface area contributed by atoms with Crippen molar-refractivity contribution in [2.75, 3.05) is 64.7 Å². The molecule has 2 rings (SSSR count). The van der Waals surface area contributed by atoms with Gasteiger partial charge in [0.15, 0.2) is 15.4 Å². The van der Waals surface area contributed by atoms with E-state index in [-0.39, 0.29) is 18.3 Å². The van der Waals surface area contributed by atoms with Crippen LogP contribution in [-0.4, -0.2) is 138 Å². The second-order valence-electron chi connectivity index (χ2n) is 10.3. The minimum atomic E-state index is -3.42. The van der Waals surface area contributed by atoms with Crippen molar-refractivity contribution < 1.29 is 48.0 Å². The highest BCUT2D eigenvalue weighted by atomic mass is 32.2. The van der Waals surface area contributed by atoms with Crippen molar-refractivity contribution in [3.8, 4) is 0 Å². The van der Waals surface area contributed by atoms with Crippen LogP contribution in [0.1, 0.15) is 46.0 Å². The lowest BCUT2D eigenvalue weighted by atomic mass is 9.96. The molecule has 0 spiro atoms. The number of carbonyl (C=O) groups excluding carboxylic acids is 1. The Balaban J connectivity index is 0.000000599. The van der Waals surface area contributed by atoms with Gasteiger partial charge in [0.25, 0.3) is 0 Å². The molecule has 1 aliphatic heterocycles. The van der Waals surface area contributed by atoms with Crippen molar-refractivity contribution in [3.05, 3.63) is 30.3 Å². The Morgan fingerprint density at radius 2 is 1.44 bits per heavy atom. The summed E-state index contributed by atoms with van der Waals surface area (Å²) >= 11 is 0. The Labute approximate surface area is 253 Å². The first-order valence-electron chi connectivity index (χ1n) is 14.4. The minimum Gasteiger partial charge on any atom is -0.481 e. The minimum absolute atomic E-state index is 0.0746. The standard InChI is InChI=1S/C22H38N4O3S.C6H8O7/c1-3-24(4-2)17-18-26(19-20-30(28,29)21-11-7-5-8-12-21)22(27)23-13-16-25-14-9-6-10-15-25;7-3(8)1-6(13,5(11)12)2-4(9)10/h5,7-8,11-12H,3-4,6,9-10,13-20H2,1-2H3,(H,23,27);13H,1-2H2,(H,7,8)(H,9,10)(H,11,12). The number of hydrogen-bond acceptors (Lipinski definition) is 9. The average Bonchev–Trinajstić information content (AvgIpc) is 2.95. The molecule has 1 aromatic carbocycles. The Hall–Kier alpha value is -3.27. The van der Waals surface area contributed by atoms with Crippen LogP contribution in [0.4, 0.5) is 4.79 Å². The van der Waals surface area contributed by atoms with E-state index in [1.54, 1.807) is 35.2 Å². The fraction of sp³-hybridized carbons (Fsp3) is 0.643. The number of likely N-dealkylation sites (N-methyl/N-ethyl adjacent to an activating group) is 1. The second kappa shape index (κ2) is 19.1. The molecule has 0 saturated carbocycles. The van der Waals surface area contributed by atoms with Gasteiger partial charge >= 0.3 is 23.9 Å². The number of aliphatic carboxylic acids is 3. The second-order valence-corrected chi connectivity index (χ2v) is 12.4. The number of carboxylic acid groups (broad SMARTS) is 3. The van der Waals surface area contributed by atoms with Crippen LogP contribution in [-0.2, 0) is 24.2 Å². The summed E-state index contributed by atoms with van der Waals surface area (Å²) in [6, 6.07) is 8.27. The van der Waals surface area contributed by atoms with Crippen molar-refractivity contribution in [2.45, 2.75) is 56.4 Å². The van der Waals surface area contributed by atoms with Crippen molar-refractivity contribution in [3.63, 3.8) is 0 Å². The molecular formula is C28H46N4O10S. The van der Waals surface area contributed by atoms with E-state index in [0.29, 0.717) is 18.0 Å². The number of piperidine rings is 1. The molecule has 1 heterocycles. The van der Waals surface area contributed by atoms with Crippen molar-refractivity contribution >= 4 is 33.8 Å². The number of hydrogen-bond donors (Lipinski definition) is 5. The van der Waals surface area contributed by atoms with E-state index < -0.39 is 46.2 Å². The highest BCUT2D eigenvalue weighted by Gasteiger charge is 2.40. The summed E-state index contributed by atoms with van der Waals surface area (Å²) in [6.07, 6.45) is 1.45. The Bertz CT molecular complexity index is 1110. The van der Waals surface area contributed by atoms with Crippen LogP contribution >= 0.6 is 0 Å². The van der Waals surface area contributed by atoms with E-state index >= 15 is 0 Å². The van der Waals surface area contributed by atoms with Gasteiger partial charge in [-0.1, -0.05) is 38.5 Å². The smallest absolute Gasteiger partial charge is 0.336 e. The van der Waals surface area contributed by atoms with Crippen molar-refractivity contribution in [1.29, 1.82) is 0 Å². The molecule has 0 aliphatic carbocycles. The summed E-state index contributed by atoms with van der Waals surface area (Å²) in [5, 5.41) is 36.8. The van der Waals surface area contributed by atoms with Crippen LogP contribution < -0.4 is 5.32 Å². The lowest BCUT2D eigenvalue weighted by Gasteiger charge is -2.28. The monoisotopic (exact) mass is 630 g/mol. The predicted octanol–water partition coefficient (Wildman–Crippen LogP) is 1.05. The molecule has 1 aromatic rings. The number of rotatable bonds is 17. The average molecular weight is 631 g/mol. The van der Waals surface area contributed by atoms with Gasteiger partial charge in [0.05, 0.1) is 23.5 Å². The predicted molar refractivity (Wildman–Crippen MR) is 159 cm³/mol. The van der Waals surface area contributed by atoms with Gasteiger partial charge in [-0.15, -0.1) is 0 Å². The molecule has 0 unspecified atom stereocenters. The summed E-state index contributed by atoms with van der Waals surface area (Å²) in [5.74, 6) is -5.09. The molecule has 244 valence electrons. The third-order valence-corrected chi connectivity index (χ3v) is 8.75. The summed E-state index contributed by atoms with van der Waals surface area (Å²) in [6.45, 7) is 11.1. The van der Waals surface area contributed by atoms with Crippen LogP contribution in [0.3, 0.4) is 0 Å². The number of amides is 2. The number of carbonyl (C=O) groups is 4. The molecule has 0 radical (unpaired) electrons. The van der Waals surface area contributed by atoms with Crippen LogP contribution in [0.25, 0.3) is 0 Å². The highest BCUT2D eigenvalue weighted by molar-refractivity contribution is 7.91. The molecule has 1 saturated heterocycles. The molecule has 15 heteroatoms. The Kier molecular flexibility index (Phi) is 16.8. The van der Waals surface area contributed by atoms with E-state index in [2.05, 4.69) is 29.0 Å². The number of benzene rings is 1. The molecule has 2 amide bonds. The van der Waals surface area contributed by atoms with Gasteiger partial charge in [0.2, 0.25) is 0 Å². The zero-order valence-corrected chi connectivity index (χ0v) is 25.8. The third kappa shape index (κ3) is 14.6. The van der Waals surface area contributed by atoms with Gasteiger partial charge in [-0.05, 0) is 51.2 Å². The topological polar surface area (TPSA) is 205 Å². The number of nitrogens with zero attached hydrogens (tertiary/aromatic N) is 3. The first-order chi connectivity index (χ1) is 20.2. The molecule has 1 fully saturated rings. The summed E-state index contributed by atoms with van der Waals surface area (Å²) < 4.78 is 25.3. The zero-order valence-electron chi connectivity index (χ0n) is 25.0. The molecule has 14 nitrogen and oxygen atoms in total. The van der Waals surface area contributed by atoms with E-state index in [1.807, 2.05) is 0 Å². The van der Waals surface area contributed by atoms with Gasteiger partial charge < -0.3 is 40.4 Å². The SMILES string of the molecule is CCN(CC)CCN(CCS(=O)(=O)c1ccccc1)C(=O)NCCN1CCCCC1.O=C(O)CC(O)(CC(=O)O)C(=O)O. The van der Waals surface area contributed by atoms with Crippen molar-refractivity contribution in [1.82, 2.24) is 20.0 Å². The van der Waals surface area contributed by atoms with Crippen LogP contribution in [0.5, 0.6) is 0 Å². The maximum atomic E-state index is 12.8. The van der Waals surface area contributed by atoms with Gasteiger partial charge in [0, 0.05) is 32.7 Å². The van der Waals surface area contributed by atoms with Gasteiger partial charge in [-0.2, -0.15) is 0 Å². The zero-order chi connectivity index (χ0) is 32.5. The van der Waals surface area contributed by atoms with Crippen molar-refractivity contribution in [2.24, 2.45) is 0 Å². The normalized spacial score (nSPS) is 14.0. The van der Waals surface area contributed by atoms with Gasteiger partial charge in [-0.3, -0.25) is 9.59 Å². The fourth-order valence-electron chi connectivity index (χ4n) is 4.42. The first kappa shape index (κ1) is 37.8. The molecule has 1 aliphatic rings. The number of aliphatic hydroxyl groups is 1. The number of likely N-dealkylation sites (tertiary alicyclic amines) is 1.